The van der Waals surface area contributed by atoms with Crippen LogP contribution in [-0.2, 0) is 0 Å². The van der Waals surface area contributed by atoms with Crippen LogP contribution in [0, 0.1) is 5.41 Å². The van der Waals surface area contributed by atoms with E-state index in [1.165, 1.54) is 19.3 Å². The molecule has 0 spiro atoms. The van der Waals surface area contributed by atoms with E-state index >= 15 is 0 Å². The second kappa shape index (κ2) is 3.72. The number of aromatic nitrogens is 1. The Morgan fingerprint density at radius 2 is 2.27 bits per heavy atom. The Morgan fingerprint density at radius 1 is 1.47 bits per heavy atom. The van der Waals surface area contributed by atoms with Crippen LogP contribution in [0.1, 0.15) is 33.1 Å². The fourth-order valence-corrected chi connectivity index (χ4v) is 2.29. The maximum absolute atomic E-state index is 5.55. The molecule has 1 aromatic rings. The summed E-state index contributed by atoms with van der Waals surface area (Å²) in [5, 5.41) is 3.54. The van der Waals surface area contributed by atoms with Crippen molar-refractivity contribution in [2.45, 2.75) is 39.2 Å². The quantitative estimate of drug-likeness (QED) is 0.780. The summed E-state index contributed by atoms with van der Waals surface area (Å²) in [6.45, 7) is 4.64. The zero-order chi connectivity index (χ0) is 10.9. The van der Waals surface area contributed by atoms with Crippen molar-refractivity contribution < 1.29 is 0 Å². The van der Waals surface area contributed by atoms with Crippen molar-refractivity contribution in [1.29, 1.82) is 0 Å². The summed E-state index contributed by atoms with van der Waals surface area (Å²) in [7, 11) is 0. The third-order valence-electron chi connectivity index (χ3n) is 3.38. The van der Waals surface area contributed by atoms with Crippen molar-refractivity contribution in [3.8, 4) is 0 Å². The van der Waals surface area contributed by atoms with Gasteiger partial charge in [-0.3, -0.25) is 0 Å². The number of hydrogen-bond acceptors (Lipinski definition) is 3. The zero-order valence-corrected chi connectivity index (χ0v) is 9.46. The molecule has 0 aliphatic heterocycles. The van der Waals surface area contributed by atoms with Crippen molar-refractivity contribution in [3.05, 3.63) is 18.3 Å². The minimum atomic E-state index is 0.390. The van der Waals surface area contributed by atoms with Crippen molar-refractivity contribution in [3.63, 3.8) is 0 Å². The summed E-state index contributed by atoms with van der Waals surface area (Å²) in [6, 6.07) is 4.39. The molecular formula is C12H19N3. The molecule has 0 radical (unpaired) electrons. The first-order valence-corrected chi connectivity index (χ1v) is 5.56. The van der Waals surface area contributed by atoms with Crippen molar-refractivity contribution >= 4 is 11.5 Å². The summed E-state index contributed by atoms with van der Waals surface area (Å²) in [6.07, 6.45) is 5.67. The SMILES string of the molecule is CC1(C)CCCC1Nc1ccc(N)nc1. The highest BCUT2D eigenvalue weighted by Gasteiger charge is 2.34. The average molecular weight is 205 g/mol. The minimum absolute atomic E-state index is 0.390. The third-order valence-corrected chi connectivity index (χ3v) is 3.38. The van der Waals surface area contributed by atoms with Gasteiger partial charge in [-0.15, -0.1) is 0 Å². The summed E-state index contributed by atoms with van der Waals surface area (Å²) in [4.78, 5) is 4.08. The molecule has 3 heteroatoms. The van der Waals surface area contributed by atoms with Gasteiger partial charge in [0.15, 0.2) is 0 Å². The predicted octanol–water partition coefficient (Wildman–Crippen LogP) is 2.65. The summed E-state index contributed by atoms with van der Waals surface area (Å²) < 4.78 is 0. The Balaban J connectivity index is 2.06. The number of rotatable bonds is 2. The molecule has 3 N–H and O–H groups in total. The molecular weight excluding hydrogens is 186 g/mol. The first-order chi connectivity index (χ1) is 7.08. The van der Waals surface area contributed by atoms with Gasteiger partial charge in [0.25, 0.3) is 0 Å². The largest absolute Gasteiger partial charge is 0.384 e. The van der Waals surface area contributed by atoms with Gasteiger partial charge in [-0.05, 0) is 30.4 Å². The van der Waals surface area contributed by atoms with Gasteiger partial charge in [-0.2, -0.15) is 0 Å². The van der Waals surface area contributed by atoms with Gasteiger partial charge in [0, 0.05) is 6.04 Å². The highest BCUT2D eigenvalue weighted by Crippen LogP contribution is 2.38. The second-order valence-electron chi connectivity index (χ2n) is 5.05. The van der Waals surface area contributed by atoms with Crippen LogP contribution in [0.25, 0.3) is 0 Å². The molecule has 15 heavy (non-hydrogen) atoms. The first kappa shape index (κ1) is 10.3. The van der Waals surface area contributed by atoms with Gasteiger partial charge < -0.3 is 11.1 Å². The van der Waals surface area contributed by atoms with Crippen LogP contribution in [0.5, 0.6) is 0 Å². The van der Waals surface area contributed by atoms with Crippen LogP contribution in [0.15, 0.2) is 18.3 Å². The molecule has 1 atom stereocenters. The Morgan fingerprint density at radius 3 is 2.80 bits per heavy atom. The molecule has 1 aromatic heterocycles. The van der Waals surface area contributed by atoms with E-state index in [4.69, 9.17) is 5.73 Å². The van der Waals surface area contributed by atoms with Gasteiger partial charge in [0.05, 0.1) is 11.9 Å². The molecule has 1 fully saturated rings. The number of anilines is 2. The maximum Gasteiger partial charge on any atom is 0.123 e. The van der Waals surface area contributed by atoms with Crippen LogP contribution in [0.3, 0.4) is 0 Å². The number of nitrogens with two attached hydrogens (primary N) is 1. The van der Waals surface area contributed by atoms with E-state index in [0.717, 1.165) is 5.69 Å². The number of nitrogen functional groups attached to an aromatic ring is 1. The van der Waals surface area contributed by atoms with Crippen LogP contribution in [-0.4, -0.2) is 11.0 Å². The van der Waals surface area contributed by atoms with Gasteiger partial charge in [-0.25, -0.2) is 4.98 Å². The Bertz CT molecular complexity index is 329. The normalized spacial score (nSPS) is 24.0. The van der Waals surface area contributed by atoms with E-state index < -0.39 is 0 Å². The monoisotopic (exact) mass is 205 g/mol. The lowest BCUT2D eigenvalue weighted by molar-refractivity contribution is 0.350. The minimum Gasteiger partial charge on any atom is -0.384 e. The molecule has 2 rings (SSSR count). The van der Waals surface area contributed by atoms with Gasteiger partial charge in [0.1, 0.15) is 5.82 Å². The Labute approximate surface area is 91.1 Å². The maximum atomic E-state index is 5.55. The van der Waals surface area contributed by atoms with E-state index in [9.17, 15) is 0 Å². The molecule has 1 aliphatic rings. The highest BCUT2D eigenvalue weighted by atomic mass is 15.0. The first-order valence-electron chi connectivity index (χ1n) is 5.56. The standard InChI is InChI=1S/C12H19N3/c1-12(2)7-3-4-10(12)15-9-5-6-11(13)14-8-9/h5-6,8,10,15H,3-4,7H2,1-2H3,(H2,13,14). The number of pyridine rings is 1. The summed E-state index contributed by atoms with van der Waals surface area (Å²) in [5.74, 6) is 0.575. The summed E-state index contributed by atoms with van der Waals surface area (Å²) in [5.41, 5.74) is 7.01. The second-order valence-corrected chi connectivity index (χ2v) is 5.05. The predicted molar refractivity (Wildman–Crippen MR) is 63.7 cm³/mol. The molecule has 1 saturated carbocycles. The fourth-order valence-electron chi connectivity index (χ4n) is 2.29. The van der Waals surface area contributed by atoms with Gasteiger partial charge in [-0.1, -0.05) is 20.3 Å². The highest BCUT2D eigenvalue weighted by molar-refractivity contribution is 5.46. The molecule has 1 unspecified atom stereocenters. The molecule has 0 bridgehead atoms. The fraction of sp³-hybridized carbons (Fsp3) is 0.583. The van der Waals surface area contributed by atoms with Gasteiger partial charge in [0.2, 0.25) is 0 Å². The van der Waals surface area contributed by atoms with Crippen molar-refractivity contribution in [2.75, 3.05) is 11.1 Å². The third kappa shape index (κ3) is 2.22. The van der Waals surface area contributed by atoms with Crippen LogP contribution in [0.4, 0.5) is 11.5 Å². The Kier molecular flexibility index (Phi) is 2.55. The van der Waals surface area contributed by atoms with Crippen molar-refractivity contribution in [1.82, 2.24) is 4.98 Å². The topological polar surface area (TPSA) is 50.9 Å². The van der Waals surface area contributed by atoms with E-state index in [-0.39, 0.29) is 0 Å². The lowest BCUT2D eigenvalue weighted by Gasteiger charge is -2.28. The number of nitrogens with zero attached hydrogens (tertiary/aromatic N) is 1. The molecule has 0 amide bonds. The van der Waals surface area contributed by atoms with Gasteiger partial charge >= 0.3 is 0 Å². The number of hydrogen-bond donors (Lipinski definition) is 2. The van der Waals surface area contributed by atoms with Crippen LogP contribution >= 0.6 is 0 Å². The van der Waals surface area contributed by atoms with E-state index in [0.29, 0.717) is 17.3 Å². The zero-order valence-electron chi connectivity index (χ0n) is 9.46. The van der Waals surface area contributed by atoms with Crippen LogP contribution < -0.4 is 11.1 Å². The molecule has 3 nitrogen and oxygen atoms in total. The average Bonchev–Trinajstić information content (AvgIpc) is 2.50. The molecule has 1 aliphatic carbocycles. The van der Waals surface area contributed by atoms with Crippen molar-refractivity contribution in [2.24, 2.45) is 5.41 Å². The van der Waals surface area contributed by atoms with Crippen LogP contribution in [0.2, 0.25) is 0 Å². The number of nitrogens with one attached hydrogen (secondary N) is 1. The summed E-state index contributed by atoms with van der Waals surface area (Å²) >= 11 is 0. The van der Waals surface area contributed by atoms with E-state index in [2.05, 4.69) is 24.1 Å². The lowest BCUT2D eigenvalue weighted by Crippen LogP contribution is -2.30. The molecule has 82 valence electrons. The molecule has 1 heterocycles. The van der Waals surface area contributed by atoms with E-state index in [1.807, 2.05) is 18.3 Å². The molecule has 0 saturated heterocycles. The lowest BCUT2D eigenvalue weighted by atomic mass is 9.87. The Hall–Kier alpha value is -1.25. The molecule has 0 aromatic carbocycles. The van der Waals surface area contributed by atoms with E-state index in [1.54, 1.807) is 0 Å². The smallest absolute Gasteiger partial charge is 0.123 e.